The second-order valence-corrected chi connectivity index (χ2v) is 3.87. The maximum atomic E-state index is 10.7. The number of aliphatic carboxylic acids is 1. The quantitative estimate of drug-likeness (QED) is 0.568. The number of rotatable bonds is 4. The van der Waals surface area contributed by atoms with Crippen molar-refractivity contribution >= 4 is 29.6 Å². The number of carboxylic acid groups (broad SMARTS) is 1. The van der Waals surface area contributed by atoms with E-state index >= 15 is 0 Å². The molecule has 0 aromatic rings. The number of aliphatic hydroxyl groups excluding tert-OH is 1. The molecule has 0 aromatic carbocycles. The molecule has 2 heterocycles. The molecule has 0 atom stereocenters. The lowest BCUT2D eigenvalue weighted by Gasteiger charge is -2.10. The van der Waals surface area contributed by atoms with Crippen LogP contribution in [0.15, 0.2) is 24.3 Å². The van der Waals surface area contributed by atoms with Crippen LogP contribution in [-0.2, 0) is 24.0 Å². The van der Waals surface area contributed by atoms with Crippen LogP contribution < -0.4 is 0 Å². The summed E-state index contributed by atoms with van der Waals surface area (Å²) in [5, 5.41) is 16.6. The summed E-state index contributed by atoms with van der Waals surface area (Å²) >= 11 is 0. The number of hydrogen-bond acceptors (Lipinski definition) is 6. The molecule has 4 amide bonds. The molecule has 0 radical (unpaired) electrons. The first-order valence-electron chi connectivity index (χ1n) is 5.76. The Morgan fingerprint density at radius 1 is 0.857 bits per heavy atom. The van der Waals surface area contributed by atoms with Gasteiger partial charge in [0.1, 0.15) is 6.54 Å². The molecule has 9 nitrogen and oxygen atoms in total. The van der Waals surface area contributed by atoms with E-state index in [1.54, 1.807) is 0 Å². The summed E-state index contributed by atoms with van der Waals surface area (Å²) < 4.78 is 0. The summed E-state index contributed by atoms with van der Waals surface area (Å²) in [6.45, 7) is -0.658. The summed E-state index contributed by atoms with van der Waals surface area (Å²) in [6, 6.07) is 0. The second-order valence-electron chi connectivity index (χ2n) is 3.87. The summed E-state index contributed by atoms with van der Waals surface area (Å²) in [6.07, 6.45) is 4.48. The van der Waals surface area contributed by atoms with Crippen molar-refractivity contribution in [3.8, 4) is 0 Å². The molecule has 0 spiro atoms. The van der Waals surface area contributed by atoms with Gasteiger partial charge in [0.25, 0.3) is 23.6 Å². The van der Waals surface area contributed by atoms with Gasteiger partial charge < -0.3 is 10.2 Å². The fourth-order valence-electron chi connectivity index (χ4n) is 1.47. The van der Waals surface area contributed by atoms with Gasteiger partial charge in [-0.15, -0.1) is 0 Å². The SMILES string of the molecule is O=C(O)CN1C(=O)C=CC1=O.O=C1C=CC(=O)N1CCO. The first-order valence-corrected chi connectivity index (χ1v) is 5.76. The number of carbonyl (C=O) groups is 5. The van der Waals surface area contributed by atoms with E-state index in [9.17, 15) is 24.0 Å². The normalized spacial score (nSPS) is 16.6. The largest absolute Gasteiger partial charge is 0.480 e. The highest BCUT2D eigenvalue weighted by atomic mass is 16.4. The maximum Gasteiger partial charge on any atom is 0.323 e. The average Bonchev–Trinajstić information content (AvgIpc) is 2.89. The zero-order chi connectivity index (χ0) is 16.0. The van der Waals surface area contributed by atoms with E-state index in [0.717, 1.165) is 17.1 Å². The molecule has 0 unspecified atom stereocenters. The Bertz CT molecular complexity index is 514. The Morgan fingerprint density at radius 2 is 1.24 bits per heavy atom. The molecule has 2 aliphatic rings. The van der Waals surface area contributed by atoms with E-state index in [2.05, 4.69) is 0 Å². The van der Waals surface area contributed by atoms with Crippen LogP contribution >= 0.6 is 0 Å². The standard InChI is InChI=1S/C6H5NO4.C6H7NO3/c8-4-1-2-5(9)7(4)3-6(10)11;8-4-3-7-5(9)1-2-6(7)10/h1-2H,3H2,(H,10,11);1-2,8H,3-4H2. The molecular formula is C12H12N2O7. The Balaban J connectivity index is 0.000000211. The van der Waals surface area contributed by atoms with Crippen molar-refractivity contribution in [2.24, 2.45) is 0 Å². The van der Waals surface area contributed by atoms with Crippen molar-refractivity contribution in [1.82, 2.24) is 9.80 Å². The lowest BCUT2D eigenvalue weighted by molar-refractivity contribution is -0.147. The summed E-state index contributed by atoms with van der Waals surface area (Å²) in [5.41, 5.74) is 0. The van der Waals surface area contributed by atoms with Gasteiger partial charge in [-0.1, -0.05) is 0 Å². The van der Waals surface area contributed by atoms with Gasteiger partial charge in [0.05, 0.1) is 13.2 Å². The minimum absolute atomic E-state index is 0.0880. The minimum Gasteiger partial charge on any atom is -0.480 e. The molecule has 0 fully saturated rings. The Kier molecular flexibility index (Phi) is 5.49. The molecule has 0 saturated heterocycles. The fourth-order valence-corrected chi connectivity index (χ4v) is 1.47. The summed E-state index contributed by atoms with van der Waals surface area (Å²) in [5.74, 6) is -3.04. The molecule has 0 bridgehead atoms. The Labute approximate surface area is 118 Å². The molecule has 0 aromatic heterocycles. The highest BCUT2D eigenvalue weighted by Gasteiger charge is 2.25. The number of β-amino-alcohol motifs (C(OH)–C–C–N with tert-alkyl or cyclic N) is 1. The Morgan fingerprint density at radius 3 is 1.57 bits per heavy atom. The van der Waals surface area contributed by atoms with Crippen molar-refractivity contribution in [2.75, 3.05) is 19.7 Å². The van der Waals surface area contributed by atoms with Crippen molar-refractivity contribution in [3.63, 3.8) is 0 Å². The lowest BCUT2D eigenvalue weighted by atomic mass is 10.5. The van der Waals surface area contributed by atoms with E-state index in [4.69, 9.17) is 10.2 Å². The molecule has 21 heavy (non-hydrogen) atoms. The first-order chi connectivity index (χ1) is 9.86. The van der Waals surface area contributed by atoms with E-state index < -0.39 is 24.3 Å². The second kappa shape index (κ2) is 7.10. The monoisotopic (exact) mass is 296 g/mol. The van der Waals surface area contributed by atoms with Crippen molar-refractivity contribution in [3.05, 3.63) is 24.3 Å². The third-order valence-electron chi connectivity index (χ3n) is 2.42. The van der Waals surface area contributed by atoms with Crippen molar-refractivity contribution in [1.29, 1.82) is 0 Å². The molecule has 9 heteroatoms. The van der Waals surface area contributed by atoms with Crippen LogP contribution in [0.5, 0.6) is 0 Å². The van der Waals surface area contributed by atoms with Gasteiger partial charge in [-0.25, -0.2) is 0 Å². The van der Waals surface area contributed by atoms with Gasteiger partial charge in [0.2, 0.25) is 0 Å². The number of nitrogens with zero attached hydrogens (tertiary/aromatic N) is 2. The number of amides is 4. The number of imide groups is 2. The third kappa shape index (κ3) is 4.35. The van der Waals surface area contributed by atoms with Crippen molar-refractivity contribution < 1.29 is 34.2 Å². The molecule has 2 rings (SSSR count). The molecule has 0 aliphatic carbocycles. The van der Waals surface area contributed by atoms with Gasteiger partial charge in [0, 0.05) is 24.3 Å². The van der Waals surface area contributed by atoms with Crippen molar-refractivity contribution in [2.45, 2.75) is 0 Å². The third-order valence-corrected chi connectivity index (χ3v) is 2.42. The van der Waals surface area contributed by atoms with E-state index in [1.165, 1.54) is 12.2 Å². The van der Waals surface area contributed by atoms with E-state index in [0.29, 0.717) is 4.90 Å². The lowest BCUT2D eigenvalue weighted by Crippen LogP contribution is -2.34. The molecule has 0 saturated carbocycles. The van der Waals surface area contributed by atoms with Crippen LogP contribution in [0.4, 0.5) is 0 Å². The van der Waals surface area contributed by atoms with Gasteiger partial charge in [-0.3, -0.25) is 33.8 Å². The van der Waals surface area contributed by atoms with E-state index in [1.807, 2.05) is 0 Å². The summed E-state index contributed by atoms with van der Waals surface area (Å²) in [4.78, 5) is 54.4. The predicted molar refractivity (Wildman–Crippen MR) is 66.4 cm³/mol. The van der Waals surface area contributed by atoms with Crippen LogP contribution in [0.1, 0.15) is 0 Å². The van der Waals surface area contributed by atoms with Crippen LogP contribution in [0.2, 0.25) is 0 Å². The number of carboxylic acids is 1. The number of carbonyl (C=O) groups excluding carboxylic acids is 4. The Hall–Kier alpha value is -2.81. The number of aliphatic hydroxyl groups is 1. The van der Waals surface area contributed by atoms with Crippen LogP contribution in [0.3, 0.4) is 0 Å². The first kappa shape index (κ1) is 16.2. The smallest absolute Gasteiger partial charge is 0.323 e. The van der Waals surface area contributed by atoms with Crippen LogP contribution in [0, 0.1) is 0 Å². The zero-order valence-electron chi connectivity index (χ0n) is 10.8. The van der Waals surface area contributed by atoms with E-state index in [-0.39, 0.29) is 25.0 Å². The van der Waals surface area contributed by atoms with Crippen LogP contribution in [-0.4, -0.2) is 69.3 Å². The minimum atomic E-state index is -1.20. The highest BCUT2D eigenvalue weighted by molar-refractivity contribution is 6.14. The van der Waals surface area contributed by atoms with Gasteiger partial charge in [-0.05, 0) is 0 Å². The fraction of sp³-hybridized carbons (Fsp3) is 0.250. The van der Waals surface area contributed by atoms with Gasteiger partial charge in [0.15, 0.2) is 0 Å². The maximum absolute atomic E-state index is 10.7. The topological polar surface area (TPSA) is 132 Å². The number of hydrogen-bond donors (Lipinski definition) is 2. The summed E-state index contributed by atoms with van der Waals surface area (Å²) in [7, 11) is 0. The average molecular weight is 296 g/mol. The highest BCUT2D eigenvalue weighted by Crippen LogP contribution is 2.02. The predicted octanol–water partition coefficient (Wildman–Crippen LogP) is -2.10. The molecule has 2 N–H and O–H groups in total. The molecular weight excluding hydrogens is 284 g/mol. The molecule has 2 aliphatic heterocycles. The van der Waals surface area contributed by atoms with Gasteiger partial charge in [-0.2, -0.15) is 0 Å². The molecule has 112 valence electrons. The van der Waals surface area contributed by atoms with Gasteiger partial charge >= 0.3 is 5.97 Å². The van der Waals surface area contributed by atoms with Crippen LogP contribution in [0.25, 0.3) is 0 Å². The zero-order valence-corrected chi connectivity index (χ0v) is 10.8.